The lowest BCUT2D eigenvalue weighted by molar-refractivity contribution is -0.830. The van der Waals surface area contributed by atoms with E-state index in [1.54, 1.807) is 31.0 Å². The second kappa shape index (κ2) is 8.66. The van der Waals surface area contributed by atoms with E-state index in [2.05, 4.69) is 26.8 Å². The number of benzene rings is 2. The molecule has 0 saturated carbocycles. The summed E-state index contributed by atoms with van der Waals surface area (Å²) in [7, 11) is 3.75. The molecule has 0 unspecified atom stereocenters. The number of nitrogens with zero attached hydrogens (tertiary/aromatic N) is 4. The molecule has 5 rings (SSSR count). The number of likely N-dealkylation sites (N-methyl/N-ethyl adjacent to an activating group) is 1. The van der Waals surface area contributed by atoms with Gasteiger partial charge in [-0.15, -0.1) is 0 Å². The quantitative estimate of drug-likeness (QED) is 0.384. The molecule has 3 heterocycles. The monoisotopic (exact) mass is 434 g/mol. The molecule has 2 aromatic heterocycles. The maximum atomic E-state index is 13.7. The first-order valence-electron chi connectivity index (χ1n) is 10.6. The van der Waals surface area contributed by atoms with Crippen molar-refractivity contribution in [2.75, 3.05) is 45.2 Å². The molecule has 164 valence electrons. The molecule has 0 radical (unpaired) electrons. The van der Waals surface area contributed by atoms with Crippen molar-refractivity contribution in [2.45, 2.75) is 0 Å². The third-order valence-corrected chi connectivity index (χ3v) is 5.83. The summed E-state index contributed by atoms with van der Waals surface area (Å²) in [6.45, 7) is 3.65. The van der Waals surface area contributed by atoms with Gasteiger partial charge >= 0.3 is 0 Å². The summed E-state index contributed by atoms with van der Waals surface area (Å²) < 4.78 is 20.0. The Morgan fingerprint density at radius 2 is 1.62 bits per heavy atom. The highest BCUT2D eigenvalue weighted by Crippen LogP contribution is 2.43. The molecular formula is C24H25FN5O2+. The van der Waals surface area contributed by atoms with Crippen LogP contribution in [0.3, 0.4) is 0 Å². The fraction of sp³-hybridized carbons (Fsp3) is 0.250. The molecular weight excluding hydrogens is 409 g/mol. The van der Waals surface area contributed by atoms with Crippen LogP contribution >= 0.6 is 0 Å². The van der Waals surface area contributed by atoms with Crippen molar-refractivity contribution >= 4 is 22.6 Å². The molecule has 0 amide bonds. The first-order chi connectivity index (χ1) is 15.6. The van der Waals surface area contributed by atoms with E-state index in [1.807, 2.05) is 24.3 Å². The molecule has 8 heteroatoms. The van der Waals surface area contributed by atoms with Crippen LogP contribution in [0.4, 0.5) is 15.9 Å². The van der Waals surface area contributed by atoms with E-state index in [0.29, 0.717) is 11.5 Å². The van der Waals surface area contributed by atoms with E-state index in [9.17, 15) is 4.39 Å². The highest BCUT2D eigenvalue weighted by atomic mass is 19.1. The maximum absolute atomic E-state index is 13.7. The van der Waals surface area contributed by atoms with Crippen LogP contribution in [-0.4, -0.2) is 55.2 Å². The topological polar surface area (TPSA) is 71.2 Å². The van der Waals surface area contributed by atoms with Gasteiger partial charge in [-0.2, -0.15) is 5.48 Å². The van der Waals surface area contributed by atoms with Crippen LogP contribution in [0.25, 0.3) is 33.6 Å². The molecule has 1 saturated heterocycles. The van der Waals surface area contributed by atoms with Gasteiger partial charge in [0.25, 0.3) is 0 Å². The van der Waals surface area contributed by atoms with E-state index in [1.165, 1.54) is 12.1 Å². The van der Waals surface area contributed by atoms with Gasteiger partial charge in [-0.25, -0.2) is 19.2 Å². The zero-order valence-electron chi connectivity index (χ0n) is 18.1. The van der Waals surface area contributed by atoms with Crippen molar-refractivity contribution in [3.05, 3.63) is 60.7 Å². The van der Waals surface area contributed by atoms with Gasteiger partial charge in [0.1, 0.15) is 23.7 Å². The summed E-state index contributed by atoms with van der Waals surface area (Å²) in [5.74, 6) is 1.26. The number of anilines is 1. The number of furan rings is 1. The molecule has 1 aliphatic heterocycles. The predicted octanol–water partition coefficient (Wildman–Crippen LogP) is 3.20. The lowest BCUT2D eigenvalue weighted by Crippen LogP contribution is -2.75. The fourth-order valence-electron chi connectivity index (χ4n) is 4.12. The van der Waals surface area contributed by atoms with Gasteiger partial charge in [0.05, 0.1) is 12.5 Å². The number of piperazine rings is 1. The van der Waals surface area contributed by atoms with Crippen LogP contribution in [0.2, 0.25) is 0 Å². The summed E-state index contributed by atoms with van der Waals surface area (Å²) >= 11 is 0. The molecule has 0 aliphatic carbocycles. The van der Waals surface area contributed by atoms with Crippen LogP contribution in [0.1, 0.15) is 0 Å². The highest BCUT2D eigenvalue weighted by molar-refractivity contribution is 6.06. The molecule has 1 aliphatic rings. The largest absolute Gasteiger partial charge is 0.437 e. The van der Waals surface area contributed by atoms with E-state index in [4.69, 9.17) is 9.25 Å². The average molecular weight is 434 g/mol. The van der Waals surface area contributed by atoms with Gasteiger partial charge in [0.15, 0.2) is 5.69 Å². The third-order valence-electron chi connectivity index (χ3n) is 5.83. The molecule has 7 nitrogen and oxygen atoms in total. The lowest BCUT2D eigenvalue weighted by Gasteiger charge is -2.33. The standard InChI is InChI=1S/C24H24FN5O2/c1-29-11-13-30(14-12-29)23-21-20(16-3-7-18(25)8-4-16)22(32-24(21)27-15-26-23)17-5-9-19(10-6-17)28-31-2/h3-10,15,28H,11-14H2,1-2H3/p+1. The normalized spacial score (nSPS) is 14.9. The number of fused-ring (bicyclic) bond motifs is 1. The number of hydrogen-bond donors (Lipinski definition) is 1. The minimum atomic E-state index is -0.280. The molecule has 0 spiro atoms. The summed E-state index contributed by atoms with van der Waals surface area (Å²) in [5.41, 5.74) is 5.79. The number of nitrogens with two attached hydrogens (primary N) is 1. The SMILES string of the molecule is CO[NH2+]c1ccc(-c2oc3ncnc(N4CCN(C)CC4)c3c2-c2ccc(F)cc2)cc1. The van der Waals surface area contributed by atoms with Crippen molar-refractivity contribution in [3.8, 4) is 22.5 Å². The number of rotatable bonds is 5. The van der Waals surface area contributed by atoms with Gasteiger partial charge in [-0.1, -0.05) is 12.1 Å². The Morgan fingerprint density at radius 3 is 2.31 bits per heavy atom. The fourth-order valence-corrected chi connectivity index (χ4v) is 4.12. The molecule has 0 bridgehead atoms. The minimum Gasteiger partial charge on any atom is -0.437 e. The number of quaternary nitrogens is 1. The van der Waals surface area contributed by atoms with Crippen molar-refractivity contribution < 1.29 is 19.1 Å². The Labute approximate surface area is 185 Å². The van der Waals surface area contributed by atoms with E-state index in [0.717, 1.165) is 59.8 Å². The predicted molar refractivity (Wildman–Crippen MR) is 121 cm³/mol. The second-order valence-corrected chi connectivity index (χ2v) is 7.96. The Balaban J connectivity index is 1.70. The van der Waals surface area contributed by atoms with Crippen LogP contribution < -0.4 is 10.4 Å². The average Bonchev–Trinajstić information content (AvgIpc) is 3.21. The van der Waals surface area contributed by atoms with Gasteiger partial charge in [-0.3, -0.25) is 0 Å². The molecule has 32 heavy (non-hydrogen) atoms. The number of halogens is 1. The van der Waals surface area contributed by atoms with E-state index in [-0.39, 0.29) is 5.82 Å². The molecule has 0 atom stereocenters. The highest BCUT2D eigenvalue weighted by Gasteiger charge is 2.26. The molecule has 4 aromatic rings. The molecule has 2 aromatic carbocycles. The number of hydrogen-bond acceptors (Lipinski definition) is 6. The van der Waals surface area contributed by atoms with Crippen LogP contribution in [0, 0.1) is 5.82 Å². The second-order valence-electron chi connectivity index (χ2n) is 7.96. The lowest BCUT2D eigenvalue weighted by atomic mass is 9.99. The Hall–Kier alpha value is -3.33. The summed E-state index contributed by atoms with van der Waals surface area (Å²) in [5, 5.41) is 0.853. The van der Waals surface area contributed by atoms with Crippen molar-refractivity contribution in [1.82, 2.24) is 14.9 Å². The molecule has 1 fully saturated rings. The van der Waals surface area contributed by atoms with Crippen molar-refractivity contribution in [2.24, 2.45) is 0 Å². The maximum Gasteiger partial charge on any atom is 0.232 e. The van der Waals surface area contributed by atoms with E-state index >= 15 is 0 Å². The smallest absolute Gasteiger partial charge is 0.232 e. The Bertz CT molecular complexity index is 1220. The van der Waals surface area contributed by atoms with Crippen LogP contribution in [0.15, 0.2) is 59.3 Å². The molecule has 2 N–H and O–H groups in total. The first kappa shape index (κ1) is 20.6. The summed E-state index contributed by atoms with van der Waals surface area (Å²) in [6.07, 6.45) is 1.55. The van der Waals surface area contributed by atoms with Crippen molar-refractivity contribution in [1.29, 1.82) is 0 Å². The summed E-state index contributed by atoms with van der Waals surface area (Å²) in [4.78, 5) is 18.8. The first-order valence-corrected chi connectivity index (χ1v) is 10.6. The van der Waals surface area contributed by atoms with Gasteiger partial charge in [0.2, 0.25) is 5.71 Å². The van der Waals surface area contributed by atoms with Gasteiger partial charge in [-0.05, 0) is 36.9 Å². The number of aromatic nitrogens is 2. The zero-order valence-corrected chi connectivity index (χ0v) is 18.1. The van der Waals surface area contributed by atoms with Crippen LogP contribution in [-0.2, 0) is 4.84 Å². The Kier molecular flexibility index (Phi) is 5.57. The third kappa shape index (κ3) is 3.84. The summed E-state index contributed by atoms with van der Waals surface area (Å²) in [6, 6.07) is 14.4. The van der Waals surface area contributed by atoms with E-state index < -0.39 is 0 Å². The van der Waals surface area contributed by atoms with Crippen LogP contribution in [0.5, 0.6) is 0 Å². The van der Waals surface area contributed by atoms with Gasteiger partial charge < -0.3 is 14.2 Å². The minimum absolute atomic E-state index is 0.280. The zero-order chi connectivity index (χ0) is 22.1. The Morgan fingerprint density at radius 1 is 0.938 bits per heavy atom. The van der Waals surface area contributed by atoms with Gasteiger partial charge in [0, 0.05) is 49.4 Å². The van der Waals surface area contributed by atoms with Crippen molar-refractivity contribution in [3.63, 3.8) is 0 Å².